The van der Waals surface area contributed by atoms with E-state index < -0.39 is 17.7 Å². The van der Waals surface area contributed by atoms with Gasteiger partial charge in [0.05, 0.1) is 98.9 Å². The first-order chi connectivity index (χ1) is 23.0. The van der Waals surface area contributed by atoms with E-state index in [9.17, 15) is 19.2 Å². The predicted molar refractivity (Wildman–Crippen MR) is 171 cm³/mol. The Morgan fingerprint density at radius 2 is 0.681 bits per heavy atom. The first-order valence-electron chi connectivity index (χ1n) is 17.1. The third kappa shape index (κ3) is 36.5. The smallest absolute Gasteiger partial charge is 0.372 e. The Morgan fingerprint density at radius 1 is 0.383 bits per heavy atom. The molecule has 0 heterocycles. The van der Waals surface area contributed by atoms with Crippen molar-refractivity contribution in [2.24, 2.45) is 0 Å². The summed E-state index contributed by atoms with van der Waals surface area (Å²) in [4.78, 5) is 44.4. The van der Waals surface area contributed by atoms with Gasteiger partial charge in [0, 0.05) is 12.8 Å². The molecule has 0 amide bonds. The van der Waals surface area contributed by atoms with E-state index in [2.05, 4.69) is 6.92 Å². The molecule has 0 saturated carbocycles. The Bertz CT molecular complexity index is 749. The third-order valence-corrected chi connectivity index (χ3v) is 6.49. The highest BCUT2D eigenvalue weighted by Gasteiger charge is 2.14. The van der Waals surface area contributed by atoms with E-state index in [1.807, 2.05) is 0 Å². The van der Waals surface area contributed by atoms with Gasteiger partial charge in [0.15, 0.2) is 0 Å². The van der Waals surface area contributed by atoms with Crippen molar-refractivity contribution in [3.8, 4) is 0 Å². The Balaban J connectivity index is 3.19. The first-order valence-corrected chi connectivity index (χ1v) is 17.1. The third-order valence-electron chi connectivity index (χ3n) is 6.49. The van der Waals surface area contributed by atoms with Crippen molar-refractivity contribution in [2.75, 3.05) is 106 Å². The predicted octanol–water partition coefficient (Wildman–Crippen LogP) is 3.54. The van der Waals surface area contributed by atoms with Gasteiger partial charge in [-0.3, -0.25) is 14.4 Å². The quantitative estimate of drug-likeness (QED) is 0.0570. The summed E-state index contributed by atoms with van der Waals surface area (Å²) in [6, 6.07) is 0. The molecule has 14 heteroatoms. The van der Waals surface area contributed by atoms with Crippen LogP contribution in [0.2, 0.25) is 0 Å². The number of carboxylic acid groups (broad SMARTS) is 1. The number of carbonyl (C=O) groups is 4. The summed E-state index contributed by atoms with van der Waals surface area (Å²) in [6.07, 6.45) is 10.8. The summed E-state index contributed by atoms with van der Waals surface area (Å²) < 4.78 is 47.8. The molecule has 14 nitrogen and oxygen atoms in total. The highest BCUT2D eigenvalue weighted by Crippen LogP contribution is 2.10. The molecule has 276 valence electrons. The molecular formula is C33H60O14. The van der Waals surface area contributed by atoms with E-state index >= 15 is 0 Å². The molecule has 0 fully saturated rings. The number of Topliss-reactive ketones (excluding diaryl/α,β-unsaturated/α-hetero) is 1. The van der Waals surface area contributed by atoms with Crippen LogP contribution in [0.3, 0.4) is 0 Å². The standard InChI is InChI=1S/C33H60O14/c1-2-3-4-5-6-7-8-9-10-11-31(35)46-28-26-44-24-22-42-20-18-40-16-14-39-15-17-41-19-21-43-23-25-45-27-29-47-32(36)13-12-30(34)33(37)38/h2-29H2,1H3,(H,37,38). The van der Waals surface area contributed by atoms with Crippen LogP contribution in [0, 0.1) is 0 Å². The van der Waals surface area contributed by atoms with Crippen LogP contribution in [0.5, 0.6) is 0 Å². The molecule has 0 rings (SSSR count). The fourth-order valence-corrected chi connectivity index (χ4v) is 3.90. The Kier molecular flexibility index (Phi) is 34.9. The van der Waals surface area contributed by atoms with Crippen LogP contribution in [0.1, 0.15) is 84.0 Å². The number of esters is 2. The molecule has 0 aliphatic carbocycles. The van der Waals surface area contributed by atoms with Crippen LogP contribution in [0.4, 0.5) is 0 Å². The van der Waals surface area contributed by atoms with E-state index in [1.54, 1.807) is 0 Å². The lowest BCUT2D eigenvalue weighted by atomic mass is 10.1. The number of hydrogen-bond donors (Lipinski definition) is 1. The number of carboxylic acids is 1. The number of ether oxygens (including phenoxy) is 9. The molecule has 0 radical (unpaired) electrons. The molecule has 0 aliphatic heterocycles. The van der Waals surface area contributed by atoms with Crippen LogP contribution < -0.4 is 0 Å². The van der Waals surface area contributed by atoms with Crippen molar-refractivity contribution in [3.63, 3.8) is 0 Å². The van der Waals surface area contributed by atoms with Crippen molar-refractivity contribution in [2.45, 2.75) is 84.0 Å². The van der Waals surface area contributed by atoms with Gasteiger partial charge in [-0.05, 0) is 6.42 Å². The zero-order valence-electron chi connectivity index (χ0n) is 28.6. The number of carbonyl (C=O) groups excluding carboxylic acids is 3. The van der Waals surface area contributed by atoms with Crippen LogP contribution in [-0.2, 0) is 61.8 Å². The second-order valence-electron chi connectivity index (χ2n) is 10.5. The molecule has 1 N–H and O–H groups in total. The van der Waals surface area contributed by atoms with E-state index in [1.165, 1.54) is 44.9 Å². The fraction of sp³-hybridized carbons (Fsp3) is 0.879. The van der Waals surface area contributed by atoms with Crippen molar-refractivity contribution in [3.05, 3.63) is 0 Å². The molecule has 0 spiro atoms. The maximum atomic E-state index is 11.8. The zero-order valence-corrected chi connectivity index (χ0v) is 28.6. The van der Waals surface area contributed by atoms with Crippen LogP contribution in [0.15, 0.2) is 0 Å². The summed E-state index contributed by atoms with van der Waals surface area (Å²) in [5.74, 6) is -3.39. The number of rotatable bonds is 38. The summed E-state index contributed by atoms with van der Waals surface area (Å²) >= 11 is 0. The molecule has 0 aliphatic rings. The Hall–Kier alpha value is -2.20. The van der Waals surface area contributed by atoms with Crippen LogP contribution in [0.25, 0.3) is 0 Å². The van der Waals surface area contributed by atoms with Crippen molar-refractivity contribution >= 4 is 23.7 Å². The summed E-state index contributed by atoms with van der Waals surface area (Å²) in [5, 5.41) is 8.44. The van der Waals surface area contributed by atoms with E-state index in [0.717, 1.165) is 12.8 Å². The maximum Gasteiger partial charge on any atom is 0.372 e. The Labute approximate surface area is 280 Å². The van der Waals surface area contributed by atoms with Gasteiger partial charge in [-0.25, -0.2) is 4.79 Å². The largest absolute Gasteiger partial charge is 0.476 e. The minimum atomic E-state index is -1.56. The van der Waals surface area contributed by atoms with Crippen LogP contribution in [-0.4, -0.2) is 135 Å². The lowest BCUT2D eigenvalue weighted by molar-refractivity contribution is -0.151. The average Bonchev–Trinajstić information content (AvgIpc) is 3.06. The minimum Gasteiger partial charge on any atom is -0.476 e. The van der Waals surface area contributed by atoms with Gasteiger partial charge in [0.1, 0.15) is 13.2 Å². The fourth-order valence-electron chi connectivity index (χ4n) is 3.90. The van der Waals surface area contributed by atoms with Crippen molar-refractivity contribution in [1.29, 1.82) is 0 Å². The first kappa shape index (κ1) is 44.8. The van der Waals surface area contributed by atoms with E-state index in [4.69, 9.17) is 47.7 Å². The van der Waals surface area contributed by atoms with Gasteiger partial charge in [-0.15, -0.1) is 0 Å². The molecule has 0 aromatic carbocycles. The number of aliphatic carboxylic acids is 1. The molecule has 0 bridgehead atoms. The van der Waals surface area contributed by atoms with Gasteiger partial charge in [0.2, 0.25) is 5.78 Å². The second kappa shape index (κ2) is 36.6. The maximum absolute atomic E-state index is 11.8. The minimum absolute atomic E-state index is 0.0130. The van der Waals surface area contributed by atoms with Gasteiger partial charge >= 0.3 is 17.9 Å². The molecule has 47 heavy (non-hydrogen) atoms. The topological polar surface area (TPSA) is 172 Å². The average molecular weight is 681 g/mol. The van der Waals surface area contributed by atoms with Gasteiger partial charge in [-0.2, -0.15) is 0 Å². The molecule has 0 aromatic heterocycles. The van der Waals surface area contributed by atoms with E-state index in [-0.39, 0.29) is 38.6 Å². The van der Waals surface area contributed by atoms with Crippen molar-refractivity contribution < 1.29 is 66.9 Å². The normalized spacial score (nSPS) is 11.1. The van der Waals surface area contributed by atoms with Gasteiger partial charge in [0.25, 0.3) is 0 Å². The second-order valence-corrected chi connectivity index (χ2v) is 10.5. The summed E-state index contributed by atoms with van der Waals surface area (Å²) in [5.41, 5.74) is 0. The highest BCUT2D eigenvalue weighted by atomic mass is 16.6. The van der Waals surface area contributed by atoms with Crippen LogP contribution >= 0.6 is 0 Å². The van der Waals surface area contributed by atoms with E-state index in [0.29, 0.717) is 92.3 Å². The number of hydrogen-bond acceptors (Lipinski definition) is 13. The summed E-state index contributed by atoms with van der Waals surface area (Å²) in [6.45, 7) is 8.10. The lowest BCUT2D eigenvalue weighted by Crippen LogP contribution is -2.17. The monoisotopic (exact) mass is 680 g/mol. The van der Waals surface area contributed by atoms with Gasteiger partial charge in [-0.1, -0.05) is 58.3 Å². The molecule has 0 atom stereocenters. The summed E-state index contributed by atoms with van der Waals surface area (Å²) in [7, 11) is 0. The molecular weight excluding hydrogens is 620 g/mol. The molecule has 0 unspecified atom stereocenters. The molecule has 0 saturated heterocycles. The highest BCUT2D eigenvalue weighted by molar-refractivity contribution is 6.32. The Morgan fingerprint density at radius 3 is 1.02 bits per heavy atom. The zero-order chi connectivity index (χ0) is 34.5. The number of unbranched alkanes of at least 4 members (excludes halogenated alkanes) is 8. The van der Waals surface area contributed by atoms with Crippen molar-refractivity contribution in [1.82, 2.24) is 0 Å². The van der Waals surface area contributed by atoms with Gasteiger partial charge < -0.3 is 47.7 Å². The number of ketones is 1. The molecule has 0 aromatic rings. The lowest BCUT2D eigenvalue weighted by Gasteiger charge is -2.09. The SMILES string of the molecule is CCCCCCCCCCCC(=O)OCCOCCOCCOCCOCCOCCOCCOCCOC(=O)CCC(=O)C(=O)O.